The Bertz CT molecular complexity index is 1030. The van der Waals surface area contributed by atoms with Gasteiger partial charge in [0.15, 0.2) is 0 Å². The zero-order valence-electron chi connectivity index (χ0n) is 16.8. The summed E-state index contributed by atoms with van der Waals surface area (Å²) in [7, 11) is 0. The molecule has 0 saturated heterocycles. The molecule has 4 heteroatoms. The molecule has 3 aromatic rings. The third-order valence-electron chi connectivity index (χ3n) is 6.36. The van der Waals surface area contributed by atoms with Gasteiger partial charge in [-0.15, -0.1) is 0 Å². The minimum absolute atomic E-state index is 0.0395. The predicted molar refractivity (Wildman–Crippen MR) is 118 cm³/mol. The van der Waals surface area contributed by atoms with Gasteiger partial charge in [-0.05, 0) is 53.1 Å². The maximum Gasteiger partial charge on any atom is 0.414 e. The Balaban J connectivity index is 1.41. The molecule has 0 aromatic heterocycles. The van der Waals surface area contributed by atoms with Crippen LogP contribution in [-0.2, 0) is 11.2 Å². The van der Waals surface area contributed by atoms with Crippen molar-refractivity contribution in [3.05, 3.63) is 89.5 Å². The number of amides is 1. The fourth-order valence-electron chi connectivity index (χ4n) is 4.94. The van der Waals surface area contributed by atoms with Crippen molar-refractivity contribution in [2.24, 2.45) is 0 Å². The van der Waals surface area contributed by atoms with Gasteiger partial charge in [-0.25, -0.2) is 4.79 Å². The van der Waals surface area contributed by atoms with Gasteiger partial charge in [-0.2, -0.15) is 0 Å². The van der Waals surface area contributed by atoms with Gasteiger partial charge in [0.25, 0.3) is 0 Å². The van der Waals surface area contributed by atoms with Crippen molar-refractivity contribution in [1.29, 1.82) is 0 Å². The van der Waals surface area contributed by atoms with Crippen LogP contribution >= 0.6 is 0 Å². The first-order valence-corrected chi connectivity index (χ1v) is 10.6. The minimum atomic E-state index is -0.331. The van der Waals surface area contributed by atoms with Crippen LogP contribution in [0.4, 0.5) is 10.5 Å². The normalized spacial score (nSPS) is 17.2. The molecule has 1 aliphatic carbocycles. The lowest BCUT2D eigenvalue weighted by atomic mass is 9.94. The van der Waals surface area contributed by atoms with E-state index in [0.717, 1.165) is 24.1 Å². The maximum absolute atomic E-state index is 13.2. The molecule has 0 saturated carbocycles. The zero-order chi connectivity index (χ0) is 20.5. The summed E-state index contributed by atoms with van der Waals surface area (Å²) in [5, 5.41) is 9.51. The number of aryl methyl sites for hydroxylation is 1. The van der Waals surface area contributed by atoms with Crippen LogP contribution in [0, 0.1) is 0 Å². The average Bonchev–Trinajstić information content (AvgIpc) is 3.11. The van der Waals surface area contributed by atoms with Crippen molar-refractivity contribution in [2.45, 2.75) is 31.2 Å². The third kappa shape index (κ3) is 3.17. The van der Waals surface area contributed by atoms with Gasteiger partial charge >= 0.3 is 6.09 Å². The van der Waals surface area contributed by atoms with E-state index in [4.69, 9.17) is 4.74 Å². The first-order valence-electron chi connectivity index (χ1n) is 10.6. The highest BCUT2D eigenvalue weighted by Crippen LogP contribution is 2.44. The van der Waals surface area contributed by atoms with Crippen LogP contribution in [0.15, 0.2) is 72.8 Å². The Morgan fingerprint density at radius 1 is 0.933 bits per heavy atom. The number of anilines is 1. The summed E-state index contributed by atoms with van der Waals surface area (Å²) < 4.78 is 5.92. The summed E-state index contributed by atoms with van der Waals surface area (Å²) in [6.07, 6.45) is 1.97. The molecule has 1 heterocycles. The molecule has 1 N–H and O–H groups in total. The molecule has 152 valence electrons. The van der Waals surface area contributed by atoms with Crippen LogP contribution in [0.5, 0.6) is 0 Å². The number of hydrogen-bond donors (Lipinski definition) is 1. The summed E-state index contributed by atoms with van der Waals surface area (Å²) in [4.78, 5) is 15.0. The number of rotatable bonds is 4. The standard InChI is InChI=1S/C26H25NO3/c28-16-15-19-14-13-18-7-1-6-12-25(18)27(19)26(29)30-17-24-22-10-4-2-8-20(22)21-9-3-5-11-23(21)24/h1-12,19,24,28H,13-17H2. The molecule has 0 radical (unpaired) electrons. The molecule has 0 spiro atoms. The van der Waals surface area contributed by atoms with Crippen molar-refractivity contribution in [3.8, 4) is 11.1 Å². The quantitative estimate of drug-likeness (QED) is 0.661. The summed E-state index contributed by atoms with van der Waals surface area (Å²) in [6.45, 7) is 0.358. The highest BCUT2D eigenvalue weighted by atomic mass is 16.6. The molecule has 0 bridgehead atoms. The van der Waals surface area contributed by atoms with Gasteiger partial charge in [-0.1, -0.05) is 66.7 Å². The fraction of sp³-hybridized carbons (Fsp3) is 0.269. The molecule has 1 aliphatic heterocycles. The number of benzene rings is 3. The van der Waals surface area contributed by atoms with Crippen LogP contribution in [0.1, 0.15) is 35.4 Å². The molecule has 1 amide bonds. The van der Waals surface area contributed by atoms with Crippen molar-refractivity contribution in [1.82, 2.24) is 0 Å². The molecule has 2 aliphatic rings. The maximum atomic E-state index is 13.2. The van der Waals surface area contributed by atoms with E-state index in [1.807, 2.05) is 42.5 Å². The van der Waals surface area contributed by atoms with E-state index in [9.17, 15) is 9.90 Å². The van der Waals surface area contributed by atoms with Crippen molar-refractivity contribution >= 4 is 11.8 Å². The van der Waals surface area contributed by atoms with Gasteiger partial charge in [-0.3, -0.25) is 4.90 Å². The first-order chi connectivity index (χ1) is 14.8. The van der Waals surface area contributed by atoms with Gasteiger partial charge in [0.2, 0.25) is 0 Å². The van der Waals surface area contributed by atoms with Gasteiger partial charge < -0.3 is 9.84 Å². The number of ether oxygens (including phenoxy) is 1. The number of fused-ring (bicyclic) bond motifs is 4. The lowest BCUT2D eigenvalue weighted by molar-refractivity contribution is 0.145. The highest BCUT2D eigenvalue weighted by molar-refractivity contribution is 5.90. The zero-order valence-corrected chi connectivity index (χ0v) is 16.8. The highest BCUT2D eigenvalue weighted by Gasteiger charge is 2.34. The van der Waals surface area contributed by atoms with Crippen molar-refractivity contribution < 1.29 is 14.6 Å². The molecule has 3 aromatic carbocycles. The lowest BCUT2D eigenvalue weighted by Crippen LogP contribution is -2.45. The fourth-order valence-corrected chi connectivity index (χ4v) is 4.94. The summed E-state index contributed by atoms with van der Waals surface area (Å²) in [6, 6.07) is 24.6. The van der Waals surface area contributed by atoms with Crippen LogP contribution in [0.2, 0.25) is 0 Å². The van der Waals surface area contributed by atoms with Crippen LogP contribution < -0.4 is 4.90 Å². The van der Waals surface area contributed by atoms with Crippen LogP contribution in [0.25, 0.3) is 11.1 Å². The van der Waals surface area contributed by atoms with Gasteiger partial charge in [0.1, 0.15) is 6.61 Å². The van der Waals surface area contributed by atoms with E-state index in [2.05, 4.69) is 30.3 Å². The summed E-state index contributed by atoms with van der Waals surface area (Å²) >= 11 is 0. The van der Waals surface area contributed by atoms with Crippen LogP contribution in [-0.4, -0.2) is 30.5 Å². The molecule has 1 unspecified atom stereocenters. The second-order valence-electron chi connectivity index (χ2n) is 8.01. The second-order valence-corrected chi connectivity index (χ2v) is 8.01. The first kappa shape index (κ1) is 18.9. The van der Waals surface area contributed by atoms with E-state index in [1.165, 1.54) is 22.3 Å². The van der Waals surface area contributed by atoms with E-state index in [-0.39, 0.29) is 24.7 Å². The van der Waals surface area contributed by atoms with Gasteiger partial charge in [0, 0.05) is 18.6 Å². The molecule has 1 atom stereocenters. The SMILES string of the molecule is O=C(OCC1c2ccccc2-c2ccccc21)N1c2ccccc2CCC1CCO. The van der Waals surface area contributed by atoms with Gasteiger partial charge in [0.05, 0.1) is 5.69 Å². The third-order valence-corrected chi connectivity index (χ3v) is 6.36. The molecule has 5 rings (SSSR count). The predicted octanol–water partition coefficient (Wildman–Crippen LogP) is 5.14. The Kier molecular flexibility index (Phi) is 5.01. The van der Waals surface area contributed by atoms with E-state index in [1.54, 1.807) is 4.90 Å². The van der Waals surface area contributed by atoms with Crippen molar-refractivity contribution in [2.75, 3.05) is 18.1 Å². The largest absolute Gasteiger partial charge is 0.448 e. The Labute approximate surface area is 176 Å². The monoisotopic (exact) mass is 399 g/mol. The minimum Gasteiger partial charge on any atom is -0.448 e. The Hall–Kier alpha value is -3.11. The average molecular weight is 399 g/mol. The molecular weight excluding hydrogens is 374 g/mol. The second kappa shape index (κ2) is 7.96. The lowest BCUT2D eigenvalue weighted by Gasteiger charge is -2.36. The van der Waals surface area contributed by atoms with E-state index in [0.29, 0.717) is 13.0 Å². The number of nitrogens with zero attached hydrogens (tertiary/aromatic N) is 1. The molecule has 30 heavy (non-hydrogen) atoms. The smallest absolute Gasteiger partial charge is 0.414 e. The number of hydrogen-bond acceptors (Lipinski definition) is 3. The Morgan fingerprint density at radius 3 is 2.27 bits per heavy atom. The number of para-hydroxylation sites is 1. The number of carbonyl (C=O) groups is 1. The van der Waals surface area contributed by atoms with Crippen LogP contribution in [0.3, 0.4) is 0 Å². The van der Waals surface area contributed by atoms with E-state index >= 15 is 0 Å². The molecular formula is C26H25NO3. The summed E-state index contributed by atoms with van der Waals surface area (Å²) in [5.74, 6) is 0.0395. The molecule has 0 fully saturated rings. The topological polar surface area (TPSA) is 49.8 Å². The summed E-state index contributed by atoms with van der Waals surface area (Å²) in [5.41, 5.74) is 6.90. The van der Waals surface area contributed by atoms with Crippen molar-refractivity contribution in [3.63, 3.8) is 0 Å². The number of aliphatic hydroxyl groups excluding tert-OH is 1. The molecule has 4 nitrogen and oxygen atoms in total. The number of aliphatic hydroxyl groups is 1. The number of carbonyl (C=O) groups excluding carboxylic acids is 1. The van der Waals surface area contributed by atoms with E-state index < -0.39 is 0 Å². The Morgan fingerprint density at radius 2 is 1.57 bits per heavy atom.